The van der Waals surface area contributed by atoms with Crippen molar-refractivity contribution in [1.29, 1.82) is 0 Å². The van der Waals surface area contributed by atoms with Gasteiger partial charge in [-0.05, 0) is 23.6 Å². The van der Waals surface area contributed by atoms with Crippen molar-refractivity contribution in [1.82, 2.24) is 0 Å². The van der Waals surface area contributed by atoms with Crippen molar-refractivity contribution in [2.75, 3.05) is 12.4 Å². The normalized spacial score (nSPS) is 13.5. The zero-order valence-electron chi connectivity index (χ0n) is 10.4. The van der Waals surface area contributed by atoms with E-state index in [0.29, 0.717) is 5.56 Å². The molecule has 0 spiro atoms. The molecule has 108 valence electrons. The van der Waals surface area contributed by atoms with Crippen LogP contribution in [0.25, 0.3) is 0 Å². The summed E-state index contributed by atoms with van der Waals surface area (Å²) in [6.07, 6.45) is 0. The monoisotopic (exact) mass is 294 g/mol. The van der Waals surface area contributed by atoms with Gasteiger partial charge in [-0.15, -0.1) is 0 Å². The van der Waals surface area contributed by atoms with Gasteiger partial charge in [0.25, 0.3) is 0 Å². The summed E-state index contributed by atoms with van der Waals surface area (Å²) in [5.41, 5.74) is 0.378. The van der Waals surface area contributed by atoms with Gasteiger partial charge in [-0.3, -0.25) is 0 Å². The highest BCUT2D eigenvalue weighted by Crippen LogP contribution is 2.18. The summed E-state index contributed by atoms with van der Waals surface area (Å²) in [7, 11) is -3.39. The maximum atomic E-state index is 12.0. The number of aliphatic hydroxyl groups is 1. The summed E-state index contributed by atoms with van der Waals surface area (Å²) in [6, 6.07) is 5.59. The number of alkyl halides is 2. The van der Waals surface area contributed by atoms with E-state index in [1.54, 1.807) is 6.92 Å². The molecule has 0 saturated heterocycles. The van der Waals surface area contributed by atoms with Crippen molar-refractivity contribution in [3.8, 4) is 5.75 Å². The standard InChI is InChI=1S/C12H16F2O4S/c1-9(6-15)7-19(16,17)8-10-3-2-4-11(5-10)18-12(13)14/h2-5,9,12,15H,6-8H2,1H3. The van der Waals surface area contributed by atoms with Crippen LogP contribution >= 0.6 is 0 Å². The summed E-state index contributed by atoms with van der Waals surface area (Å²) in [5, 5.41) is 8.84. The first-order valence-electron chi connectivity index (χ1n) is 5.67. The van der Waals surface area contributed by atoms with Gasteiger partial charge in [0, 0.05) is 6.61 Å². The van der Waals surface area contributed by atoms with Crippen LogP contribution in [-0.4, -0.2) is 32.5 Å². The molecule has 1 N–H and O–H groups in total. The number of hydrogen-bond donors (Lipinski definition) is 1. The van der Waals surface area contributed by atoms with Crippen LogP contribution in [0.5, 0.6) is 5.75 Å². The lowest BCUT2D eigenvalue weighted by Gasteiger charge is -2.10. The molecule has 0 amide bonds. The van der Waals surface area contributed by atoms with Gasteiger partial charge in [-0.25, -0.2) is 8.42 Å². The van der Waals surface area contributed by atoms with E-state index in [1.165, 1.54) is 24.3 Å². The molecule has 0 fully saturated rings. The molecule has 4 nitrogen and oxygen atoms in total. The first-order valence-corrected chi connectivity index (χ1v) is 7.49. The molecule has 0 heterocycles. The third kappa shape index (κ3) is 5.98. The fraction of sp³-hybridized carbons (Fsp3) is 0.500. The summed E-state index contributed by atoms with van der Waals surface area (Å²) in [6.45, 7) is -1.54. The van der Waals surface area contributed by atoms with Crippen LogP contribution in [0.3, 0.4) is 0 Å². The second kappa shape index (κ2) is 6.81. The molecule has 19 heavy (non-hydrogen) atoms. The Hall–Kier alpha value is -1.21. The van der Waals surface area contributed by atoms with E-state index in [-0.39, 0.29) is 29.8 Å². The number of hydrogen-bond acceptors (Lipinski definition) is 4. The summed E-state index contributed by atoms with van der Waals surface area (Å²) in [4.78, 5) is 0. The highest BCUT2D eigenvalue weighted by Gasteiger charge is 2.16. The van der Waals surface area contributed by atoms with Crippen LogP contribution in [0.2, 0.25) is 0 Å². The maximum absolute atomic E-state index is 12.0. The number of halogens is 2. The molecule has 1 rings (SSSR count). The van der Waals surface area contributed by atoms with E-state index in [1.807, 2.05) is 0 Å². The zero-order chi connectivity index (χ0) is 14.5. The Morgan fingerprint density at radius 1 is 1.37 bits per heavy atom. The molecule has 0 bridgehead atoms. The predicted molar refractivity (Wildman–Crippen MR) is 66.8 cm³/mol. The van der Waals surface area contributed by atoms with Crippen LogP contribution in [0.15, 0.2) is 24.3 Å². The topological polar surface area (TPSA) is 63.6 Å². The van der Waals surface area contributed by atoms with Crippen LogP contribution in [0.4, 0.5) is 8.78 Å². The van der Waals surface area contributed by atoms with E-state index in [2.05, 4.69) is 4.74 Å². The van der Waals surface area contributed by atoms with Crippen LogP contribution in [0, 0.1) is 5.92 Å². The molecule has 0 saturated carbocycles. The molecular formula is C12H16F2O4S. The lowest BCUT2D eigenvalue weighted by molar-refractivity contribution is -0.0498. The third-order valence-electron chi connectivity index (χ3n) is 2.36. The lowest BCUT2D eigenvalue weighted by Crippen LogP contribution is -2.18. The molecule has 1 atom stereocenters. The van der Waals surface area contributed by atoms with Gasteiger partial charge in [-0.2, -0.15) is 8.78 Å². The Balaban J connectivity index is 2.76. The van der Waals surface area contributed by atoms with Crippen molar-refractivity contribution in [2.45, 2.75) is 19.3 Å². The van der Waals surface area contributed by atoms with Crippen molar-refractivity contribution in [3.63, 3.8) is 0 Å². The van der Waals surface area contributed by atoms with Crippen molar-refractivity contribution >= 4 is 9.84 Å². The predicted octanol–water partition coefficient (Wildman–Crippen LogP) is 1.83. The Labute approximate surface area is 110 Å². The number of aliphatic hydroxyl groups excluding tert-OH is 1. The maximum Gasteiger partial charge on any atom is 0.387 e. The van der Waals surface area contributed by atoms with Gasteiger partial charge < -0.3 is 9.84 Å². The molecule has 0 aromatic heterocycles. The molecule has 0 radical (unpaired) electrons. The fourth-order valence-corrected chi connectivity index (χ4v) is 3.39. The van der Waals surface area contributed by atoms with E-state index in [4.69, 9.17) is 5.11 Å². The van der Waals surface area contributed by atoms with E-state index < -0.39 is 16.4 Å². The Bertz CT molecular complexity index is 502. The zero-order valence-corrected chi connectivity index (χ0v) is 11.2. The van der Waals surface area contributed by atoms with Gasteiger partial charge in [-0.1, -0.05) is 19.1 Å². The van der Waals surface area contributed by atoms with Gasteiger partial charge in [0.05, 0.1) is 11.5 Å². The Morgan fingerprint density at radius 3 is 2.63 bits per heavy atom. The van der Waals surface area contributed by atoms with Crippen LogP contribution < -0.4 is 4.74 Å². The first-order chi connectivity index (χ1) is 8.82. The Morgan fingerprint density at radius 2 is 2.05 bits per heavy atom. The van der Waals surface area contributed by atoms with Crippen LogP contribution in [-0.2, 0) is 15.6 Å². The average Bonchev–Trinajstić information content (AvgIpc) is 2.26. The minimum Gasteiger partial charge on any atom is -0.435 e. The minimum absolute atomic E-state index is 0.0714. The van der Waals surface area contributed by atoms with E-state index >= 15 is 0 Å². The van der Waals surface area contributed by atoms with Gasteiger partial charge in [0.15, 0.2) is 9.84 Å². The highest BCUT2D eigenvalue weighted by molar-refractivity contribution is 7.90. The lowest BCUT2D eigenvalue weighted by atomic mass is 10.2. The van der Waals surface area contributed by atoms with E-state index in [9.17, 15) is 17.2 Å². The smallest absolute Gasteiger partial charge is 0.387 e. The SMILES string of the molecule is CC(CO)CS(=O)(=O)Cc1cccc(OC(F)F)c1. The second-order valence-corrected chi connectivity index (χ2v) is 6.48. The largest absolute Gasteiger partial charge is 0.435 e. The highest BCUT2D eigenvalue weighted by atomic mass is 32.2. The molecule has 0 aliphatic heterocycles. The van der Waals surface area contributed by atoms with Gasteiger partial charge >= 0.3 is 6.61 Å². The van der Waals surface area contributed by atoms with Crippen LogP contribution in [0.1, 0.15) is 12.5 Å². The first kappa shape index (κ1) is 15.8. The number of benzene rings is 1. The molecular weight excluding hydrogens is 278 g/mol. The Kier molecular flexibility index (Phi) is 5.68. The molecule has 1 unspecified atom stereocenters. The van der Waals surface area contributed by atoms with Crippen molar-refractivity contribution in [2.24, 2.45) is 5.92 Å². The van der Waals surface area contributed by atoms with E-state index in [0.717, 1.165) is 0 Å². The second-order valence-electron chi connectivity index (χ2n) is 4.37. The third-order valence-corrected chi connectivity index (χ3v) is 4.21. The molecule has 7 heteroatoms. The number of rotatable bonds is 7. The number of ether oxygens (including phenoxy) is 1. The average molecular weight is 294 g/mol. The minimum atomic E-state index is -3.39. The van der Waals surface area contributed by atoms with Crippen molar-refractivity contribution in [3.05, 3.63) is 29.8 Å². The molecule has 1 aromatic rings. The summed E-state index contributed by atoms with van der Waals surface area (Å²) in [5.74, 6) is -0.843. The van der Waals surface area contributed by atoms with Gasteiger partial charge in [0.1, 0.15) is 5.75 Å². The summed E-state index contributed by atoms with van der Waals surface area (Å²) >= 11 is 0. The number of sulfone groups is 1. The quantitative estimate of drug-likeness (QED) is 0.833. The van der Waals surface area contributed by atoms with Gasteiger partial charge in [0.2, 0.25) is 0 Å². The van der Waals surface area contributed by atoms with Crippen molar-refractivity contribution < 1.29 is 27.0 Å². The molecule has 0 aliphatic rings. The fourth-order valence-electron chi connectivity index (χ4n) is 1.61. The molecule has 1 aromatic carbocycles. The summed E-state index contributed by atoms with van der Waals surface area (Å²) < 4.78 is 51.9. The molecule has 0 aliphatic carbocycles.